The summed E-state index contributed by atoms with van der Waals surface area (Å²) in [5.74, 6) is 0.486. The Kier molecular flexibility index (Phi) is 2.42. The fraction of sp³-hybridized carbons (Fsp3) is 0.400. The maximum Gasteiger partial charge on any atom is 0.131 e. The quantitative estimate of drug-likeness (QED) is 0.826. The van der Waals surface area contributed by atoms with E-state index in [1.807, 2.05) is 12.1 Å². The zero-order chi connectivity index (χ0) is 10.1. The minimum Gasteiger partial charge on any atom is -0.197 e. The summed E-state index contributed by atoms with van der Waals surface area (Å²) in [6.07, 6.45) is 1.09. The molecule has 1 aromatic heterocycles. The Labute approximate surface area is 87.5 Å². The van der Waals surface area contributed by atoms with Crippen LogP contribution in [0.5, 0.6) is 0 Å². The van der Waals surface area contributed by atoms with Gasteiger partial charge in [-0.2, -0.15) is 15.4 Å². The minimum absolute atomic E-state index is 0.486. The molecule has 1 heterocycles. The molecule has 0 radical (unpaired) electrons. The maximum atomic E-state index is 6.00. The molecule has 0 saturated heterocycles. The summed E-state index contributed by atoms with van der Waals surface area (Å²) >= 11 is 6.00. The lowest BCUT2D eigenvalue weighted by molar-refractivity contribution is 0.737. The molecular weight excluding hydrogens is 198 g/mol. The highest BCUT2D eigenvalue weighted by Gasteiger charge is 2.12. The first kappa shape index (κ1) is 9.46. The largest absolute Gasteiger partial charge is 0.197 e. The van der Waals surface area contributed by atoms with Crippen molar-refractivity contribution in [1.82, 2.24) is 15.4 Å². The maximum absolute atomic E-state index is 6.00. The van der Waals surface area contributed by atoms with Gasteiger partial charge in [0.25, 0.3) is 0 Å². The molecule has 1 unspecified atom stereocenters. The van der Waals surface area contributed by atoms with Gasteiger partial charge in [-0.3, -0.25) is 0 Å². The molecule has 0 aliphatic carbocycles. The molecule has 0 aliphatic heterocycles. The highest BCUT2D eigenvalue weighted by atomic mass is 35.5. The molecule has 0 spiro atoms. The lowest BCUT2D eigenvalue weighted by Gasteiger charge is -2.08. The molecule has 0 amide bonds. The normalized spacial score (nSPS) is 13.4. The Morgan fingerprint density at radius 3 is 2.79 bits per heavy atom. The standard InChI is InChI=1S/C10H12ClN3/c1-3-6(2)7-4-5-8(11)10-9(7)12-14-13-10/h4-6H,3H2,1-2H3,(H,12,13,14). The molecule has 14 heavy (non-hydrogen) atoms. The first-order valence-electron chi connectivity index (χ1n) is 4.73. The summed E-state index contributed by atoms with van der Waals surface area (Å²) in [7, 11) is 0. The fourth-order valence-corrected chi connectivity index (χ4v) is 1.73. The van der Waals surface area contributed by atoms with E-state index in [1.54, 1.807) is 0 Å². The molecule has 1 atom stereocenters. The topological polar surface area (TPSA) is 41.6 Å². The molecular formula is C10H12ClN3. The Bertz CT molecular complexity index is 450. The summed E-state index contributed by atoms with van der Waals surface area (Å²) in [6, 6.07) is 3.91. The molecule has 4 heteroatoms. The second-order valence-electron chi connectivity index (χ2n) is 3.47. The van der Waals surface area contributed by atoms with Gasteiger partial charge in [0.2, 0.25) is 0 Å². The van der Waals surface area contributed by atoms with Crippen LogP contribution in [0.25, 0.3) is 11.0 Å². The molecule has 0 saturated carbocycles. The van der Waals surface area contributed by atoms with E-state index in [9.17, 15) is 0 Å². The van der Waals surface area contributed by atoms with Gasteiger partial charge >= 0.3 is 0 Å². The number of hydrogen-bond donors (Lipinski definition) is 1. The summed E-state index contributed by atoms with van der Waals surface area (Å²) in [5.41, 5.74) is 2.87. The lowest BCUT2D eigenvalue weighted by atomic mass is 9.97. The number of H-pyrrole nitrogens is 1. The van der Waals surface area contributed by atoms with Crippen LogP contribution in [0.2, 0.25) is 5.02 Å². The number of aromatic nitrogens is 3. The highest BCUT2D eigenvalue weighted by Crippen LogP contribution is 2.28. The van der Waals surface area contributed by atoms with E-state index in [4.69, 9.17) is 11.6 Å². The van der Waals surface area contributed by atoms with E-state index in [-0.39, 0.29) is 0 Å². The molecule has 0 bridgehead atoms. The Hall–Kier alpha value is -1.09. The van der Waals surface area contributed by atoms with Gasteiger partial charge in [-0.1, -0.05) is 31.5 Å². The summed E-state index contributed by atoms with van der Waals surface area (Å²) in [5, 5.41) is 11.4. The van der Waals surface area contributed by atoms with Crippen LogP contribution in [0, 0.1) is 0 Å². The molecule has 1 N–H and O–H groups in total. The van der Waals surface area contributed by atoms with E-state index in [0.717, 1.165) is 17.5 Å². The Balaban J connectivity index is 2.66. The van der Waals surface area contributed by atoms with Crippen molar-refractivity contribution in [3.05, 3.63) is 22.7 Å². The van der Waals surface area contributed by atoms with Gasteiger partial charge in [0, 0.05) is 0 Å². The molecule has 2 rings (SSSR count). The third kappa shape index (κ3) is 1.38. The Morgan fingerprint density at radius 2 is 2.07 bits per heavy atom. The van der Waals surface area contributed by atoms with Crippen LogP contribution in [-0.2, 0) is 0 Å². The Morgan fingerprint density at radius 1 is 1.36 bits per heavy atom. The van der Waals surface area contributed by atoms with E-state index in [1.165, 1.54) is 5.56 Å². The van der Waals surface area contributed by atoms with Crippen LogP contribution in [0.15, 0.2) is 12.1 Å². The van der Waals surface area contributed by atoms with Crippen molar-refractivity contribution in [1.29, 1.82) is 0 Å². The molecule has 1 aromatic carbocycles. The monoisotopic (exact) mass is 209 g/mol. The number of fused-ring (bicyclic) bond motifs is 1. The van der Waals surface area contributed by atoms with Crippen molar-refractivity contribution < 1.29 is 0 Å². The van der Waals surface area contributed by atoms with Gasteiger partial charge in [-0.15, -0.1) is 0 Å². The highest BCUT2D eigenvalue weighted by molar-refractivity contribution is 6.34. The van der Waals surface area contributed by atoms with E-state index in [0.29, 0.717) is 10.9 Å². The number of rotatable bonds is 2. The van der Waals surface area contributed by atoms with Crippen LogP contribution in [-0.4, -0.2) is 15.4 Å². The van der Waals surface area contributed by atoms with Crippen molar-refractivity contribution in [3.63, 3.8) is 0 Å². The van der Waals surface area contributed by atoms with Crippen LogP contribution < -0.4 is 0 Å². The van der Waals surface area contributed by atoms with Gasteiger partial charge in [0.15, 0.2) is 0 Å². The zero-order valence-electron chi connectivity index (χ0n) is 8.21. The van der Waals surface area contributed by atoms with E-state index < -0.39 is 0 Å². The second-order valence-corrected chi connectivity index (χ2v) is 3.87. The number of hydrogen-bond acceptors (Lipinski definition) is 2. The van der Waals surface area contributed by atoms with Gasteiger partial charge in [0.1, 0.15) is 11.0 Å². The SMILES string of the molecule is CCC(C)c1ccc(Cl)c2n[nH]nc12. The zero-order valence-corrected chi connectivity index (χ0v) is 8.97. The molecule has 0 fully saturated rings. The van der Waals surface area contributed by atoms with Crippen LogP contribution in [0.4, 0.5) is 0 Å². The van der Waals surface area contributed by atoms with E-state index >= 15 is 0 Å². The van der Waals surface area contributed by atoms with Crippen molar-refractivity contribution in [2.45, 2.75) is 26.2 Å². The summed E-state index contributed by atoms with van der Waals surface area (Å²) in [4.78, 5) is 0. The lowest BCUT2D eigenvalue weighted by Crippen LogP contribution is -1.92. The number of aromatic amines is 1. The number of benzene rings is 1. The molecule has 3 nitrogen and oxygen atoms in total. The second kappa shape index (κ2) is 3.58. The predicted molar refractivity (Wildman–Crippen MR) is 57.6 cm³/mol. The predicted octanol–water partition coefficient (Wildman–Crippen LogP) is 3.12. The van der Waals surface area contributed by atoms with Gasteiger partial charge in [0.05, 0.1) is 5.02 Å². The smallest absolute Gasteiger partial charge is 0.131 e. The van der Waals surface area contributed by atoms with Crippen LogP contribution in [0.3, 0.4) is 0 Å². The average Bonchev–Trinajstić information content (AvgIpc) is 2.67. The van der Waals surface area contributed by atoms with Crippen LogP contribution >= 0.6 is 11.6 Å². The van der Waals surface area contributed by atoms with Crippen molar-refractivity contribution in [2.75, 3.05) is 0 Å². The first-order valence-corrected chi connectivity index (χ1v) is 5.10. The van der Waals surface area contributed by atoms with Crippen LogP contribution in [0.1, 0.15) is 31.7 Å². The molecule has 0 aliphatic rings. The van der Waals surface area contributed by atoms with Crippen molar-refractivity contribution >= 4 is 22.6 Å². The van der Waals surface area contributed by atoms with Crippen molar-refractivity contribution in [2.24, 2.45) is 0 Å². The number of nitrogens with one attached hydrogen (secondary N) is 1. The third-order valence-electron chi connectivity index (χ3n) is 2.60. The summed E-state index contributed by atoms with van der Waals surface area (Å²) in [6.45, 7) is 4.34. The first-order chi connectivity index (χ1) is 6.74. The third-order valence-corrected chi connectivity index (χ3v) is 2.91. The average molecular weight is 210 g/mol. The van der Waals surface area contributed by atoms with Gasteiger partial charge in [-0.05, 0) is 24.0 Å². The molecule has 2 aromatic rings. The molecule has 74 valence electrons. The number of nitrogens with zero attached hydrogens (tertiary/aromatic N) is 2. The minimum atomic E-state index is 0.486. The fourth-order valence-electron chi connectivity index (χ4n) is 1.54. The van der Waals surface area contributed by atoms with E-state index in [2.05, 4.69) is 29.3 Å². The van der Waals surface area contributed by atoms with Gasteiger partial charge < -0.3 is 0 Å². The number of halogens is 1. The summed E-state index contributed by atoms with van der Waals surface area (Å²) < 4.78 is 0. The van der Waals surface area contributed by atoms with Gasteiger partial charge in [-0.25, -0.2) is 0 Å². The van der Waals surface area contributed by atoms with Crippen molar-refractivity contribution in [3.8, 4) is 0 Å².